The topological polar surface area (TPSA) is 101 Å². The van der Waals surface area contributed by atoms with Crippen molar-refractivity contribution in [3.8, 4) is 5.75 Å². The van der Waals surface area contributed by atoms with Gasteiger partial charge >= 0.3 is 0 Å². The van der Waals surface area contributed by atoms with Gasteiger partial charge in [-0.1, -0.05) is 38.1 Å². The molecule has 0 spiro atoms. The van der Waals surface area contributed by atoms with Crippen LogP contribution in [0.5, 0.6) is 5.75 Å². The smallest absolute Gasteiger partial charge is 0.277 e. The van der Waals surface area contributed by atoms with Gasteiger partial charge in [0, 0.05) is 5.69 Å². The lowest BCUT2D eigenvalue weighted by molar-refractivity contribution is 0.102. The standard InChI is InChI=1S/C21H23N3O3/c1-13(2)15-5-7-16(8-6-15)23-20(26)19-12-27-21(24-19)18(22)11-14-3-9-17(25)10-4-14/h3-10,12-13,18,25H,11,22H2,1-2H3,(H,23,26). The van der Waals surface area contributed by atoms with E-state index in [9.17, 15) is 9.90 Å². The molecular formula is C21H23N3O3. The van der Waals surface area contributed by atoms with E-state index in [0.717, 1.165) is 5.56 Å². The van der Waals surface area contributed by atoms with E-state index < -0.39 is 6.04 Å². The molecule has 3 aromatic rings. The molecule has 4 N–H and O–H groups in total. The molecule has 2 aromatic carbocycles. The fourth-order valence-electron chi connectivity index (χ4n) is 2.68. The molecular weight excluding hydrogens is 342 g/mol. The zero-order valence-electron chi connectivity index (χ0n) is 15.3. The molecule has 0 radical (unpaired) electrons. The van der Waals surface area contributed by atoms with E-state index in [0.29, 0.717) is 23.9 Å². The second-order valence-electron chi connectivity index (χ2n) is 6.78. The van der Waals surface area contributed by atoms with Crippen molar-refractivity contribution in [3.05, 3.63) is 77.5 Å². The van der Waals surface area contributed by atoms with Crippen molar-refractivity contribution in [2.24, 2.45) is 5.73 Å². The Morgan fingerprint density at radius 2 is 1.81 bits per heavy atom. The SMILES string of the molecule is CC(C)c1ccc(NC(=O)c2coc(C(N)Cc3ccc(O)cc3)n2)cc1. The van der Waals surface area contributed by atoms with Crippen LogP contribution in [-0.4, -0.2) is 16.0 Å². The number of phenolic OH excluding ortho intramolecular Hbond substituents is 1. The van der Waals surface area contributed by atoms with E-state index in [2.05, 4.69) is 24.1 Å². The number of phenols is 1. The Kier molecular flexibility index (Phi) is 5.57. The minimum atomic E-state index is -0.485. The van der Waals surface area contributed by atoms with Crippen LogP contribution in [0.2, 0.25) is 0 Å². The number of benzene rings is 2. The van der Waals surface area contributed by atoms with Gasteiger partial charge in [-0.3, -0.25) is 4.79 Å². The highest BCUT2D eigenvalue weighted by Crippen LogP contribution is 2.20. The number of hydrogen-bond acceptors (Lipinski definition) is 5. The highest BCUT2D eigenvalue weighted by Gasteiger charge is 2.18. The summed E-state index contributed by atoms with van der Waals surface area (Å²) in [6.07, 6.45) is 1.79. The first kappa shape index (κ1) is 18.7. The largest absolute Gasteiger partial charge is 0.508 e. The Bertz CT molecular complexity index is 899. The molecule has 1 aromatic heterocycles. The Labute approximate surface area is 158 Å². The second kappa shape index (κ2) is 8.05. The van der Waals surface area contributed by atoms with Gasteiger partial charge in [-0.05, 0) is 47.7 Å². The van der Waals surface area contributed by atoms with Crippen molar-refractivity contribution >= 4 is 11.6 Å². The van der Waals surface area contributed by atoms with E-state index in [4.69, 9.17) is 10.2 Å². The predicted octanol–water partition coefficient (Wildman–Crippen LogP) is 4.00. The van der Waals surface area contributed by atoms with Gasteiger partial charge in [0.1, 0.15) is 12.0 Å². The summed E-state index contributed by atoms with van der Waals surface area (Å²) >= 11 is 0. The number of nitrogens with two attached hydrogens (primary N) is 1. The number of rotatable bonds is 6. The molecule has 1 heterocycles. The van der Waals surface area contributed by atoms with Gasteiger partial charge in [-0.2, -0.15) is 0 Å². The van der Waals surface area contributed by atoms with Crippen LogP contribution < -0.4 is 11.1 Å². The molecule has 0 fully saturated rings. The molecule has 0 aliphatic carbocycles. The summed E-state index contributed by atoms with van der Waals surface area (Å²) in [7, 11) is 0. The molecule has 0 saturated carbocycles. The van der Waals surface area contributed by atoms with Gasteiger partial charge in [-0.25, -0.2) is 4.98 Å². The average molecular weight is 365 g/mol. The summed E-state index contributed by atoms with van der Waals surface area (Å²) in [6, 6.07) is 14.0. The molecule has 0 saturated heterocycles. The number of nitrogens with zero attached hydrogens (tertiary/aromatic N) is 1. The quantitative estimate of drug-likeness (QED) is 0.613. The number of oxazole rings is 1. The van der Waals surface area contributed by atoms with E-state index in [1.54, 1.807) is 24.3 Å². The molecule has 3 rings (SSSR count). The van der Waals surface area contributed by atoms with Crippen molar-refractivity contribution in [1.82, 2.24) is 4.98 Å². The molecule has 0 bridgehead atoms. The number of aromatic nitrogens is 1. The van der Waals surface area contributed by atoms with Crippen LogP contribution in [0.3, 0.4) is 0 Å². The number of carbonyl (C=O) groups is 1. The molecule has 140 valence electrons. The summed E-state index contributed by atoms with van der Waals surface area (Å²) in [4.78, 5) is 16.6. The summed E-state index contributed by atoms with van der Waals surface area (Å²) < 4.78 is 5.39. The van der Waals surface area contributed by atoms with Crippen molar-refractivity contribution in [3.63, 3.8) is 0 Å². The number of carbonyl (C=O) groups excluding carboxylic acids is 1. The number of nitrogens with one attached hydrogen (secondary N) is 1. The monoisotopic (exact) mass is 365 g/mol. The molecule has 27 heavy (non-hydrogen) atoms. The van der Waals surface area contributed by atoms with Crippen LogP contribution in [0.4, 0.5) is 5.69 Å². The van der Waals surface area contributed by atoms with Crippen LogP contribution >= 0.6 is 0 Å². The van der Waals surface area contributed by atoms with E-state index >= 15 is 0 Å². The fraction of sp³-hybridized carbons (Fsp3) is 0.238. The van der Waals surface area contributed by atoms with Crippen molar-refractivity contribution < 1.29 is 14.3 Å². The Balaban J connectivity index is 1.63. The van der Waals surface area contributed by atoms with E-state index in [1.807, 2.05) is 24.3 Å². The third-order valence-corrected chi connectivity index (χ3v) is 4.30. The average Bonchev–Trinajstić information content (AvgIpc) is 3.14. The summed E-state index contributed by atoms with van der Waals surface area (Å²) in [5.74, 6) is 0.578. The third-order valence-electron chi connectivity index (χ3n) is 4.30. The minimum Gasteiger partial charge on any atom is -0.508 e. The van der Waals surface area contributed by atoms with Gasteiger partial charge in [-0.15, -0.1) is 0 Å². The minimum absolute atomic E-state index is 0.180. The molecule has 6 heteroatoms. The van der Waals surface area contributed by atoms with Crippen molar-refractivity contribution in [2.45, 2.75) is 32.2 Å². The van der Waals surface area contributed by atoms with Gasteiger partial charge in [0.05, 0.1) is 6.04 Å². The Morgan fingerprint density at radius 3 is 2.44 bits per heavy atom. The number of amides is 1. The number of anilines is 1. The van der Waals surface area contributed by atoms with E-state index in [-0.39, 0.29) is 17.4 Å². The molecule has 1 amide bonds. The van der Waals surface area contributed by atoms with Crippen molar-refractivity contribution in [2.75, 3.05) is 5.32 Å². The first-order chi connectivity index (χ1) is 12.9. The highest BCUT2D eigenvalue weighted by atomic mass is 16.3. The Hall–Kier alpha value is -3.12. The molecule has 1 unspecified atom stereocenters. The van der Waals surface area contributed by atoms with Gasteiger partial charge in [0.2, 0.25) is 5.89 Å². The number of hydrogen-bond donors (Lipinski definition) is 3. The zero-order valence-corrected chi connectivity index (χ0v) is 15.3. The normalized spacial score (nSPS) is 12.1. The lowest BCUT2D eigenvalue weighted by atomic mass is 10.0. The molecule has 0 aliphatic heterocycles. The number of aromatic hydroxyl groups is 1. The van der Waals surface area contributed by atoms with E-state index in [1.165, 1.54) is 11.8 Å². The maximum absolute atomic E-state index is 12.4. The highest BCUT2D eigenvalue weighted by molar-refractivity contribution is 6.02. The maximum Gasteiger partial charge on any atom is 0.277 e. The van der Waals surface area contributed by atoms with Crippen LogP contribution in [0.25, 0.3) is 0 Å². The molecule has 1 atom stereocenters. The third kappa shape index (κ3) is 4.74. The molecule has 6 nitrogen and oxygen atoms in total. The summed E-state index contributed by atoms with van der Waals surface area (Å²) in [5.41, 5.74) is 9.15. The lowest BCUT2D eigenvalue weighted by Gasteiger charge is -2.08. The van der Waals surface area contributed by atoms with Crippen LogP contribution in [0, 0.1) is 0 Å². The maximum atomic E-state index is 12.4. The predicted molar refractivity (Wildman–Crippen MR) is 104 cm³/mol. The zero-order chi connectivity index (χ0) is 19.4. The van der Waals surface area contributed by atoms with Gasteiger partial charge < -0.3 is 20.6 Å². The van der Waals surface area contributed by atoms with Crippen molar-refractivity contribution in [1.29, 1.82) is 0 Å². The fourth-order valence-corrected chi connectivity index (χ4v) is 2.68. The van der Waals surface area contributed by atoms with Crippen LogP contribution in [0.1, 0.15) is 53.3 Å². The summed E-state index contributed by atoms with van der Waals surface area (Å²) in [6.45, 7) is 4.23. The first-order valence-electron chi connectivity index (χ1n) is 8.82. The summed E-state index contributed by atoms with van der Waals surface area (Å²) in [5, 5.41) is 12.1. The Morgan fingerprint density at radius 1 is 1.15 bits per heavy atom. The van der Waals surface area contributed by atoms with Crippen LogP contribution in [0.15, 0.2) is 59.2 Å². The van der Waals surface area contributed by atoms with Gasteiger partial charge in [0.25, 0.3) is 5.91 Å². The molecule has 0 aliphatic rings. The van der Waals surface area contributed by atoms with Gasteiger partial charge in [0.15, 0.2) is 5.69 Å². The van der Waals surface area contributed by atoms with Crippen LogP contribution in [-0.2, 0) is 6.42 Å². The lowest BCUT2D eigenvalue weighted by Crippen LogP contribution is -2.16. The first-order valence-corrected chi connectivity index (χ1v) is 8.82. The second-order valence-corrected chi connectivity index (χ2v) is 6.78.